The van der Waals surface area contributed by atoms with Crippen molar-refractivity contribution in [2.45, 2.75) is 44.4 Å². The van der Waals surface area contributed by atoms with Crippen molar-refractivity contribution in [3.8, 4) is 11.5 Å². The Morgan fingerprint density at radius 1 is 1.00 bits per heavy atom. The number of carbonyl (C=O) groups excluding carboxylic acids is 2. The van der Waals surface area contributed by atoms with Crippen LogP contribution >= 0.6 is 0 Å². The van der Waals surface area contributed by atoms with Crippen molar-refractivity contribution < 1.29 is 31.9 Å². The second-order valence-corrected chi connectivity index (χ2v) is 9.45. The molecule has 38 heavy (non-hydrogen) atoms. The number of piperazine rings is 1. The molecule has 200 valence electrons. The molecule has 0 spiro atoms. The number of amides is 1. The Kier molecular flexibility index (Phi) is 7.35. The average molecular weight is 529 g/mol. The maximum atomic E-state index is 13.6. The Hall–Kier alpha value is -3.89. The number of carbonyl (C=O) groups is 2. The first kappa shape index (κ1) is 25.7. The molecule has 1 aromatic carbocycles. The Bertz CT molecular complexity index is 1260. The van der Waals surface area contributed by atoms with E-state index in [0.717, 1.165) is 25.7 Å². The minimum Gasteiger partial charge on any atom is -0.446 e. The number of anilines is 1. The second-order valence-electron chi connectivity index (χ2n) is 9.45. The number of aromatic nitrogens is 2. The smallest absolute Gasteiger partial charge is 0.446 e. The Morgan fingerprint density at radius 2 is 1.71 bits per heavy atom. The zero-order valence-corrected chi connectivity index (χ0v) is 20.6. The number of ether oxygens (including phenoxy) is 1. The van der Waals surface area contributed by atoms with E-state index in [1.54, 1.807) is 47.4 Å². The van der Waals surface area contributed by atoms with Gasteiger partial charge in [0.25, 0.3) is 0 Å². The first-order valence-corrected chi connectivity index (χ1v) is 12.6. The predicted octanol–water partition coefficient (Wildman–Crippen LogP) is 5.38. The molecule has 3 aromatic rings. The quantitative estimate of drug-likeness (QED) is 0.397. The third-order valence-corrected chi connectivity index (χ3v) is 6.77. The summed E-state index contributed by atoms with van der Waals surface area (Å²) in [6.45, 7) is 2.15. The highest BCUT2D eigenvalue weighted by molar-refractivity contribution is 5.97. The highest BCUT2D eigenvalue weighted by atomic mass is 19.4. The van der Waals surface area contributed by atoms with Crippen LogP contribution in [-0.4, -0.2) is 59.0 Å². The number of nitrogens with zero attached hydrogens (tertiary/aromatic N) is 4. The van der Waals surface area contributed by atoms with Gasteiger partial charge in [-0.05, 0) is 49.4 Å². The Labute approximate surface area is 217 Å². The fourth-order valence-corrected chi connectivity index (χ4v) is 4.72. The van der Waals surface area contributed by atoms with E-state index in [9.17, 15) is 22.8 Å². The SMILES string of the molecule is O=C(Cc1ccc(N2CCN(C(=O)OC3CCCC3)CC2)nc1)c1nc(-c2ccccc2)oc1C(F)(F)F. The largest absolute Gasteiger partial charge is 0.452 e. The molecule has 2 fully saturated rings. The standard InChI is InChI=1S/C27H27F3N4O4/c28-27(29,30)24-23(32-25(38-24)19-6-2-1-3-7-19)21(35)16-18-10-11-22(31-17-18)33-12-14-34(15-13-33)26(36)37-20-8-4-5-9-20/h1-3,6-7,10-11,17,20H,4-5,8-9,12-16H2. The number of halogens is 3. The van der Waals surface area contributed by atoms with Crippen LogP contribution < -0.4 is 4.90 Å². The summed E-state index contributed by atoms with van der Waals surface area (Å²) in [5, 5.41) is 0. The van der Waals surface area contributed by atoms with Crippen molar-refractivity contribution in [1.29, 1.82) is 0 Å². The van der Waals surface area contributed by atoms with Crippen LogP contribution in [0.1, 0.15) is 47.5 Å². The van der Waals surface area contributed by atoms with Crippen LogP contribution in [0.4, 0.5) is 23.8 Å². The monoisotopic (exact) mass is 528 g/mol. The van der Waals surface area contributed by atoms with Gasteiger partial charge in [0.1, 0.15) is 11.9 Å². The summed E-state index contributed by atoms with van der Waals surface area (Å²) < 4.78 is 51.3. The van der Waals surface area contributed by atoms with Crippen LogP contribution in [0.25, 0.3) is 11.5 Å². The van der Waals surface area contributed by atoms with Crippen LogP contribution in [0.15, 0.2) is 53.1 Å². The maximum absolute atomic E-state index is 13.6. The molecule has 1 aliphatic heterocycles. The Balaban J connectivity index is 1.21. The molecular formula is C27H27F3N4O4. The van der Waals surface area contributed by atoms with E-state index in [2.05, 4.69) is 9.97 Å². The van der Waals surface area contributed by atoms with Crippen LogP contribution in [0.2, 0.25) is 0 Å². The summed E-state index contributed by atoms with van der Waals surface area (Å²) >= 11 is 0. The minimum atomic E-state index is -4.86. The lowest BCUT2D eigenvalue weighted by Crippen LogP contribution is -2.49. The molecule has 11 heteroatoms. The number of rotatable bonds is 6. The van der Waals surface area contributed by atoms with Gasteiger partial charge in [-0.2, -0.15) is 13.2 Å². The number of alkyl halides is 3. The van der Waals surface area contributed by atoms with Gasteiger partial charge >= 0.3 is 12.3 Å². The van der Waals surface area contributed by atoms with Crippen molar-refractivity contribution in [3.63, 3.8) is 0 Å². The lowest BCUT2D eigenvalue weighted by Gasteiger charge is -2.35. The molecule has 3 heterocycles. The van der Waals surface area contributed by atoms with E-state index in [-0.39, 0.29) is 24.5 Å². The van der Waals surface area contributed by atoms with Gasteiger partial charge in [0.2, 0.25) is 11.7 Å². The molecule has 1 saturated heterocycles. The minimum absolute atomic E-state index is 0.0202. The molecule has 1 aliphatic carbocycles. The molecule has 8 nitrogen and oxygen atoms in total. The molecule has 0 atom stereocenters. The van der Waals surface area contributed by atoms with Crippen LogP contribution in [-0.2, 0) is 17.3 Å². The second kappa shape index (κ2) is 10.8. The van der Waals surface area contributed by atoms with Crippen LogP contribution in [0.5, 0.6) is 0 Å². The first-order valence-electron chi connectivity index (χ1n) is 12.6. The first-order chi connectivity index (χ1) is 18.3. The Morgan fingerprint density at radius 3 is 2.34 bits per heavy atom. The van der Waals surface area contributed by atoms with Gasteiger partial charge in [0.05, 0.1) is 0 Å². The third-order valence-electron chi connectivity index (χ3n) is 6.77. The van der Waals surface area contributed by atoms with Gasteiger partial charge in [-0.1, -0.05) is 24.3 Å². The lowest BCUT2D eigenvalue weighted by molar-refractivity contribution is -0.153. The van der Waals surface area contributed by atoms with E-state index in [1.165, 1.54) is 6.20 Å². The average Bonchev–Trinajstić information content (AvgIpc) is 3.60. The molecule has 2 aliphatic rings. The zero-order valence-electron chi connectivity index (χ0n) is 20.6. The zero-order chi connectivity index (χ0) is 26.7. The summed E-state index contributed by atoms with van der Waals surface area (Å²) in [5.74, 6) is -1.82. The van der Waals surface area contributed by atoms with E-state index in [4.69, 9.17) is 9.15 Å². The summed E-state index contributed by atoms with van der Waals surface area (Å²) in [5.41, 5.74) is 0.0471. The van der Waals surface area contributed by atoms with Gasteiger partial charge in [-0.15, -0.1) is 0 Å². The fraction of sp³-hybridized carbons (Fsp3) is 0.407. The topological polar surface area (TPSA) is 88.8 Å². The van der Waals surface area contributed by atoms with Crippen molar-refractivity contribution in [2.75, 3.05) is 31.1 Å². The van der Waals surface area contributed by atoms with Gasteiger partial charge < -0.3 is 19.0 Å². The number of Topliss-reactive ketones (excluding diaryl/α,β-unsaturated/α-hetero) is 1. The van der Waals surface area contributed by atoms with Crippen molar-refractivity contribution in [2.24, 2.45) is 0 Å². The molecule has 1 amide bonds. The van der Waals surface area contributed by atoms with Gasteiger partial charge in [-0.25, -0.2) is 14.8 Å². The number of hydrogen-bond acceptors (Lipinski definition) is 7. The normalized spacial score (nSPS) is 16.6. The molecule has 5 rings (SSSR count). The summed E-state index contributed by atoms with van der Waals surface area (Å²) in [6.07, 6.45) is 0.0770. The molecule has 0 bridgehead atoms. The van der Waals surface area contributed by atoms with E-state index in [0.29, 0.717) is 43.1 Å². The molecule has 0 unspecified atom stereocenters. The predicted molar refractivity (Wildman–Crippen MR) is 132 cm³/mol. The number of benzene rings is 1. The van der Waals surface area contributed by atoms with E-state index < -0.39 is 23.4 Å². The van der Waals surface area contributed by atoms with Gasteiger partial charge in [0, 0.05) is 44.4 Å². The van der Waals surface area contributed by atoms with Gasteiger partial charge in [-0.3, -0.25) is 4.79 Å². The summed E-state index contributed by atoms with van der Waals surface area (Å²) in [4.78, 5) is 37.2. The molecule has 0 N–H and O–H groups in total. The molecule has 2 aromatic heterocycles. The number of pyridine rings is 1. The van der Waals surface area contributed by atoms with Crippen molar-refractivity contribution in [3.05, 3.63) is 65.7 Å². The molecular weight excluding hydrogens is 501 g/mol. The maximum Gasteiger partial charge on any atom is 0.452 e. The number of ketones is 1. The summed E-state index contributed by atoms with van der Waals surface area (Å²) in [7, 11) is 0. The number of oxazole rings is 1. The van der Waals surface area contributed by atoms with Crippen LogP contribution in [0, 0.1) is 0 Å². The highest BCUT2D eigenvalue weighted by Gasteiger charge is 2.41. The summed E-state index contributed by atoms with van der Waals surface area (Å²) in [6, 6.07) is 11.5. The van der Waals surface area contributed by atoms with Gasteiger partial charge in [0.15, 0.2) is 11.5 Å². The highest BCUT2D eigenvalue weighted by Crippen LogP contribution is 2.35. The third kappa shape index (κ3) is 5.81. The van der Waals surface area contributed by atoms with E-state index >= 15 is 0 Å². The molecule has 0 radical (unpaired) electrons. The molecule has 1 saturated carbocycles. The van der Waals surface area contributed by atoms with Crippen molar-refractivity contribution in [1.82, 2.24) is 14.9 Å². The van der Waals surface area contributed by atoms with Crippen LogP contribution in [0.3, 0.4) is 0 Å². The van der Waals surface area contributed by atoms with E-state index in [1.807, 2.05) is 4.90 Å². The number of hydrogen-bond donors (Lipinski definition) is 0. The lowest BCUT2D eigenvalue weighted by atomic mass is 10.1. The van der Waals surface area contributed by atoms with Crippen molar-refractivity contribution >= 4 is 17.7 Å². The fourth-order valence-electron chi connectivity index (χ4n) is 4.72.